The van der Waals surface area contributed by atoms with Gasteiger partial charge in [0.25, 0.3) is 5.56 Å². The summed E-state index contributed by atoms with van der Waals surface area (Å²) in [5, 5.41) is 0.0545. The van der Waals surface area contributed by atoms with Crippen LogP contribution < -0.4 is 20.1 Å². The number of hydrogen-bond acceptors (Lipinski definition) is 9. The Labute approximate surface area is 254 Å². The molecule has 0 radical (unpaired) electrons. The zero-order valence-electron chi connectivity index (χ0n) is 24.2. The number of hydrogen-bond donors (Lipinski definition) is 0. The number of aromatic nitrogens is 2. The molecule has 0 bridgehead atoms. The molecule has 6 rings (SSSR count). The number of piperazine rings is 2. The first-order chi connectivity index (χ1) is 20.8. The van der Waals surface area contributed by atoms with Crippen molar-refractivity contribution in [3.8, 4) is 5.75 Å². The van der Waals surface area contributed by atoms with Crippen LogP contribution in [0.4, 0.5) is 11.4 Å². The molecule has 1 amide bonds. The molecule has 4 heterocycles. The van der Waals surface area contributed by atoms with Gasteiger partial charge in [-0.2, -0.15) is 4.31 Å². The van der Waals surface area contributed by atoms with Crippen LogP contribution in [0.25, 0.3) is 10.2 Å². The number of para-hydroxylation sites is 3. The normalized spacial score (nSPS) is 16.6. The zero-order chi connectivity index (χ0) is 30.1. The maximum absolute atomic E-state index is 14.0. The van der Waals surface area contributed by atoms with E-state index in [4.69, 9.17) is 4.74 Å². The molecule has 2 aromatic heterocycles. The van der Waals surface area contributed by atoms with Gasteiger partial charge in [0.2, 0.25) is 15.9 Å². The predicted octanol–water partition coefficient (Wildman–Crippen LogP) is 2.63. The van der Waals surface area contributed by atoms with Crippen molar-refractivity contribution in [3.05, 3.63) is 76.2 Å². The SMILES string of the molecule is COc1ccccc1N1CCN(S(=O)(=O)c2c(C)sc3ncn(CC(=O)N4CCN(c5ccccc5)CC4)c(=O)c23)CC1. The number of thiophene rings is 1. The van der Waals surface area contributed by atoms with Crippen LogP contribution >= 0.6 is 11.3 Å². The average Bonchev–Trinajstić information content (AvgIpc) is 3.40. The Bertz CT molecular complexity index is 1790. The molecule has 0 aliphatic carbocycles. The van der Waals surface area contributed by atoms with Crippen LogP contribution in [0.2, 0.25) is 0 Å². The van der Waals surface area contributed by atoms with Crippen molar-refractivity contribution in [1.29, 1.82) is 0 Å². The van der Waals surface area contributed by atoms with E-state index in [1.54, 1.807) is 18.9 Å². The van der Waals surface area contributed by atoms with Gasteiger partial charge in [-0.25, -0.2) is 13.4 Å². The first-order valence-corrected chi connectivity index (χ1v) is 16.5. The Morgan fingerprint density at radius 2 is 1.56 bits per heavy atom. The Kier molecular flexibility index (Phi) is 8.12. The summed E-state index contributed by atoms with van der Waals surface area (Å²) < 4.78 is 36.1. The largest absolute Gasteiger partial charge is 0.495 e. The second-order valence-electron chi connectivity index (χ2n) is 10.6. The van der Waals surface area contributed by atoms with Crippen molar-refractivity contribution in [2.75, 3.05) is 69.3 Å². The third-order valence-corrected chi connectivity index (χ3v) is 11.3. The van der Waals surface area contributed by atoms with Crippen LogP contribution in [0, 0.1) is 6.92 Å². The zero-order valence-corrected chi connectivity index (χ0v) is 25.8. The number of rotatable bonds is 7. The Balaban J connectivity index is 1.19. The van der Waals surface area contributed by atoms with Crippen LogP contribution in [-0.2, 0) is 21.4 Å². The van der Waals surface area contributed by atoms with Crippen molar-refractivity contribution < 1.29 is 17.9 Å². The van der Waals surface area contributed by atoms with Gasteiger partial charge < -0.3 is 19.4 Å². The van der Waals surface area contributed by atoms with Crippen molar-refractivity contribution in [1.82, 2.24) is 18.8 Å². The number of nitrogens with zero attached hydrogens (tertiary/aromatic N) is 6. The number of carbonyl (C=O) groups is 1. The highest BCUT2D eigenvalue weighted by Crippen LogP contribution is 2.34. The average molecular weight is 623 g/mol. The number of amides is 1. The molecule has 0 N–H and O–H groups in total. The molecular formula is C30H34N6O5S2. The van der Waals surface area contributed by atoms with E-state index in [1.165, 1.54) is 26.5 Å². The van der Waals surface area contributed by atoms with Crippen LogP contribution in [0.5, 0.6) is 5.75 Å². The van der Waals surface area contributed by atoms with Gasteiger partial charge in [-0.1, -0.05) is 30.3 Å². The van der Waals surface area contributed by atoms with Crippen LogP contribution in [0.1, 0.15) is 4.88 Å². The standard InChI is InChI=1S/C30H34N6O5S2/c1-22-28(43(39,40)36-18-16-33(17-19-36)24-10-6-7-11-25(24)41-2)27-29(42-22)31-21-35(30(27)38)20-26(37)34-14-12-32(13-15-34)23-8-4-3-5-9-23/h3-11,21H,12-20H2,1-2H3. The van der Waals surface area contributed by atoms with Crippen molar-refractivity contribution in [2.24, 2.45) is 0 Å². The van der Waals surface area contributed by atoms with E-state index >= 15 is 0 Å². The molecule has 2 aliphatic heterocycles. The number of anilines is 2. The molecular weight excluding hydrogens is 589 g/mol. The minimum atomic E-state index is -3.99. The first-order valence-electron chi connectivity index (χ1n) is 14.2. The molecule has 0 atom stereocenters. The molecule has 11 nitrogen and oxygen atoms in total. The van der Waals surface area contributed by atoms with Gasteiger partial charge in [-0.15, -0.1) is 11.3 Å². The minimum Gasteiger partial charge on any atom is -0.495 e. The number of fused-ring (bicyclic) bond motifs is 1. The fourth-order valence-corrected chi connectivity index (χ4v) is 8.91. The molecule has 0 unspecified atom stereocenters. The Morgan fingerprint density at radius 3 is 2.26 bits per heavy atom. The number of methoxy groups -OCH3 is 1. The monoisotopic (exact) mass is 622 g/mol. The molecule has 226 valence electrons. The summed E-state index contributed by atoms with van der Waals surface area (Å²) in [5.74, 6) is 0.539. The van der Waals surface area contributed by atoms with E-state index in [0.717, 1.165) is 17.1 Å². The number of benzene rings is 2. The number of ether oxygens (including phenoxy) is 1. The summed E-state index contributed by atoms with van der Waals surface area (Å²) in [6, 6.07) is 17.7. The van der Waals surface area contributed by atoms with E-state index < -0.39 is 15.6 Å². The lowest BCUT2D eigenvalue weighted by molar-refractivity contribution is -0.132. The maximum atomic E-state index is 14.0. The molecule has 2 aliphatic rings. The van der Waals surface area contributed by atoms with Crippen LogP contribution in [0.15, 0.2) is 70.6 Å². The van der Waals surface area contributed by atoms with Gasteiger partial charge in [0.05, 0.1) is 24.5 Å². The van der Waals surface area contributed by atoms with E-state index in [0.29, 0.717) is 49.0 Å². The van der Waals surface area contributed by atoms with Crippen LogP contribution in [-0.4, -0.2) is 92.5 Å². The minimum absolute atomic E-state index is 0.00554. The molecule has 2 fully saturated rings. The van der Waals surface area contributed by atoms with E-state index in [-0.39, 0.29) is 35.8 Å². The first kappa shape index (κ1) is 29.1. The number of sulfonamides is 1. The van der Waals surface area contributed by atoms with Crippen LogP contribution in [0.3, 0.4) is 0 Å². The van der Waals surface area contributed by atoms with Gasteiger partial charge in [0.15, 0.2) is 0 Å². The van der Waals surface area contributed by atoms with Crippen molar-refractivity contribution >= 4 is 48.9 Å². The smallest absolute Gasteiger partial charge is 0.263 e. The van der Waals surface area contributed by atoms with Crippen molar-refractivity contribution in [3.63, 3.8) is 0 Å². The lowest BCUT2D eigenvalue weighted by atomic mass is 10.2. The lowest BCUT2D eigenvalue weighted by Gasteiger charge is -2.36. The topological polar surface area (TPSA) is 108 Å². The van der Waals surface area contributed by atoms with Gasteiger partial charge >= 0.3 is 0 Å². The van der Waals surface area contributed by atoms with Gasteiger partial charge in [-0.05, 0) is 31.2 Å². The second-order valence-corrected chi connectivity index (χ2v) is 13.7. The molecule has 0 saturated carbocycles. The number of carbonyl (C=O) groups excluding carboxylic acids is 1. The molecule has 2 aromatic carbocycles. The summed E-state index contributed by atoms with van der Waals surface area (Å²) in [6.07, 6.45) is 1.35. The molecule has 0 spiro atoms. The summed E-state index contributed by atoms with van der Waals surface area (Å²) in [5.41, 5.74) is 1.51. The van der Waals surface area contributed by atoms with E-state index in [2.05, 4.69) is 14.8 Å². The summed E-state index contributed by atoms with van der Waals surface area (Å²) in [7, 11) is -2.37. The van der Waals surface area contributed by atoms with Crippen molar-refractivity contribution in [2.45, 2.75) is 18.4 Å². The van der Waals surface area contributed by atoms with E-state index in [1.807, 2.05) is 54.6 Å². The summed E-state index contributed by atoms with van der Waals surface area (Å²) in [4.78, 5) is 38.2. The molecule has 43 heavy (non-hydrogen) atoms. The molecule has 13 heteroatoms. The van der Waals surface area contributed by atoms with Gasteiger partial charge in [0, 0.05) is 62.9 Å². The van der Waals surface area contributed by atoms with Gasteiger partial charge in [0.1, 0.15) is 22.0 Å². The Morgan fingerprint density at radius 1 is 0.907 bits per heavy atom. The third-order valence-electron chi connectivity index (χ3n) is 8.12. The molecule has 4 aromatic rings. The Hall–Kier alpha value is -3.94. The summed E-state index contributed by atoms with van der Waals surface area (Å²) >= 11 is 1.18. The third kappa shape index (κ3) is 5.59. The quantitative estimate of drug-likeness (QED) is 0.310. The number of aryl methyl sites for hydroxylation is 1. The van der Waals surface area contributed by atoms with E-state index in [9.17, 15) is 18.0 Å². The predicted molar refractivity (Wildman–Crippen MR) is 168 cm³/mol. The fraction of sp³-hybridized carbons (Fsp3) is 0.367. The lowest BCUT2D eigenvalue weighted by Crippen LogP contribution is -2.50. The fourth-order valence-electron chi connectivity index (χ4n) is 5.82. The maximum Gasteiger partial charge on any atom is 0.263 e. The molecule has 2 saturated heterocycles. The highest BCUT2D eigenvalue weighted by Gasteiger charge is 2.34. The highest BCUT2D eigenvalue weighted by atomic mass is 32.2. The van der Waals surface area contributed by atoms with Gasteiger partial charge in [-0.3, -0.25) is 14.2 Å². The highest BCUT2D eigenvalue weighted by molar-refractivity contribution is 7.89. The summed E-state index contributed by atoms with van der Waals surface area (Å²) in [6.45, 7) is 5.45. The second kappa shape index (κ2) is 12.0.